The second-order valence-electron chi connectivity index (χ2n) is 5.69. The highest BCUT2D eigenvalue weighted by Crippen LogP contribution is 2.29. The predicted octanol–water partition coefficient (Wildman–Crippen LogP) is 3.59. The zero-order valence-corrected chi connectivity index (χ0v) is 15.0. The van der Waals surface area contributed by atoms with Gasteiger partial charge in [0.05, 0.1) is 12.7 Å². The van der Waals surface area contributed by atoms with E-state index in [1.165, 1.54) is 25.3 Å². The zero-order valence-electron chi connectivity index (χ0n) is 15.0. The van der Waals surface area contributed by atoms with Gasteiger partial charge in [-0.25, -0.2) is 4.79 Å². The number of amides is 1. The molecule has 0 radical (unpaired) electrons. The van der Waals surface area contributed by atoms with E-state index in [-0.39, 0.29) is 12.1 Å². The van der Waals surface area contributed by atoms with E-state index >= 15 is 0 Å². The Morgan fingerprint density at radius 1 is 1.11 bits per heavy atom. The molecule has 0 saturated heterocycles. The fourth-order valence-corrected chi connectivity index (χ4v) is 2.20. The molecular weight excluding hydrogens is 375 g/mol. The van der Waals surface area contributed by atoms with Gasteiger partial charge in [0.15, 0.2) is 6.61 Å². The molecule has 2 aromatic carbocycles. The third kappa shape index (κ3) is 6.79. The molecule has 0 aliphatic heterocycles. The van der Waals surface area contributed by atoms with Crippen molar-refractivity contribution in [2.45, 2.75) is 12.7 Å². The largest absolute Gasteiger partial charge is 0.497 e. The number of nitrogens with one attached hydrogen (secondary N) is 1. The number of methoxy groups -OCH3 is 1. The van der Waals surface area contributed by atoms with E-state index in [2.05, 4.69) is 5.32 Å². The van der Waals surface area contributed by atoms with Gasteiger partial charge in [-0.05, 0) is 41.5 Å². The summed E-state index contributed by atoms with van der Waals surface area (Å²) in [5, 5.41) is 2.58. The number of carbonyl (C=O) groups is 2. The van der Waals surface area contributed by atoms with Crippen molar-refractivity contribution >= 4 is 18.0 Å². The van der Waals surface area contributed by atoms with E-state index in [1.807, 2.05) is 0 Å². The monoisotopic (exact) mass is 393 g/mol. The molecule has 2 aromatic rings. The molecule has 0 aromatic heterocycles. The summed E-state index contributed by atoms with van der Waals surface area (Å²) in [5.74, 6) is -0.699. The summed E-state index contributed by atoms with van der Waals surface area (Å²) in [4.78, 5) is 23.4. The van der Waals surface area contributed by atoms with E-state index in [1.54, 1.807) is 24.3 Å². The van der Waals surface area contributed by atoms with Crippen LogP contribution in [0, 0.1) is 0 Å². The van der Waals surface area contributed by atoms with Crippen LogP contribution in [0.4, 0.5) is 13.2 Å². The smallest absolute Gasteiger partial charge is 0.416 e. The highest BCUT2D eigenvalue weighted by Gasteiger charge is 2.30. The lowest BCUT2D eigenvalue weighted by Gasteiger charge is -2.07. The van der Waals surface area contributed by atoms with Crippen molar-refractivity contribution < 1.29 is 32.2 Å². The second kappa shape index (κ2) is 9.59. The van der Waals surface area contributed by atoms with Crippen molar-refractivity contribution in [2.75, 3.05) is 13.7 Å². The Labute approximate surface area is 159 Å². The summed E-state index contributed by atoms with van der Waals surface area (Å²) in [6.45, 7) is -0.274. The second-order valence-corrected chi connectivity index (χ2v) is 5.69. The van der Waals surface area contributed by atoms with Crippen molar-refractivity contribution in [3.05, 3.63) is 71.3 Å². The van der Waals surface area contributed by atoms with Crippen LogP contribution in [-0.4, -0.2) is 25.6 Å². The highest BCUT2D eigenvalue weighted by molar-refractivity contribution is 5.89. The number of rotatable bonds is 7. The van der Waals surface area contributed by atoms with Crippen molar-refractivity contribution in [1.82, 2.24) is 5.32 Å². The Morgan fingerprint density at radius 2 is 1.86 bits per heavy atom. The molecule has 0 bridgehead atoms. The zero-order chi connectivity index (χ0) is 20.6. The van der Waals surface area contributed by atoms with Crippen LogP contribution in [0.15, 0.2) is 54.6 Å². The quantitative estimate of drug-likeness (QED) is 0.577. The maximum atomic E-state index is 12.6. The fraction of sp³-hybridized carbons (Fsp3) is 0.200. The lowest BCUT2D eigenvalue weighted by Crippen LogP contribution is -2.28. The SMILES string of the molecule is COc1cccc(CNC(=O)COC(=O)/C=C/c2cccc(C(F)(F)F)c2)c1. The molecule has 148 valence electrons. The minimum atomic E-state index is -4.47. The van der Waals surface area contributed by atoms with Crippen LogP contribution in [0.5, 0.6) is 5.75 Å². The molecule has 0 atom stereocenters. The average molecular weight is 393 g/mol. The van der Waals surface area contributed by atoms with Crippen molar-refractivity contribution in [2.24, 2.45) is 0 Å². The van der Waals surface area contributed by atoms with Crippen LogP contribution < -0.4 is 10.1 Å². The topological polar surface area (TPSA) is 64.6 Å². The predicted molar refractivity (Wildman–Crippen MR) is 96.3 cm³/mol. The van der Waals surface area contributed by atoms with Gasteiger partial charge in [0.1, 0.15) is 5.75 Å². The maximum Gasteiger partial charge on any atom is 0.416 e. The summed E-state index contributed by atoms with van der Waals surface area (Å²) in [5.41, 5.74) is 0.178. The molecule has 0 aliphatic rings. The van der Waals surface area contributed by atoms with Gasteiger partial charge in [0.2, 0.25) is 0 Å². The molecule has 28 heavy (non-hydrogen) atoms. The number of ether oxygens (including phenoxy) is 2. The molecule has 0 saturated carbocycles. The van der Waals surface area contributed by atoms with E-state index in [0.29, 0.717) is 5.75 Å². The molecule has 0 fully saturated rings. The number of benzene rings is 2. The fourth-order valence-electron chi connectivity index (χ4n) is 2.20. The van der Waals surface area contributed by atoms with Crippen molar-refractivity contribution in [3.8, 4) is 5.75 Å². The number of esters is 1. The minimum absolute atomic E-state index is 0.189. The molecule has 1 amide bonds. The van der Waals surface area contributed by atoms with Crippen LogP contribution in [0.3, 0.4) is 0 Å². The lowest BCUT2D eigenvalue weighted by molar-refractivity contribution is -0.143. The van der Waals surface area contributed by atoms with E-state index in [9.17, 15) is 22.8 Å². The average Bonchev–Trinajstić information content (AvgIpc) is 2.69. The molecule has 0 unspecified atom stereocenters. The third-order valence-corrected chi connectivity index (χ3v) is 3.60. The summed E-state index contributed by atoms with van der Waals surface area (Å²) >= 11 is 0. The molecule has 0 spiro atoms. The van der Waals surface area contributed by atoms with Gasteiger partial charge in [0, 0.05) is 12.6 Å². The summed E-state index contributed by atoms with van der Waals surface area (Å²) in [6.07, 6.45) is -2.32. The van der Waals surface area contributed by atoms with Gasteiger partial charge in [-0.1, -0.05) is 24.3 Å². The molecule has 1 N–H and O–H groups in total. The third-order valence-electron chi connectivity index (χ3n) is 3.60. The Morgan fingerprint density at radius 3 is 2.57 bits per heavy atom. The van der Waals surface area contributed by atoms with Gasteiger partial charge < -0.3 is 14.8 Å². The Bertz CT molecular complexity index is 863. The molecule has 0 heterocycles. The lowest BCUT2D eigenvalue weighted by atomic mass is 10.1. The normalized spacial score (nSPS) is 11.3. The maximum absolute atomic E-state index is 12.6. The van der Waals surface area contributed by atoms with Crippen LogP contribution >= 0.6 is 0 Å². The van der Waals surface area contributed by atoms with Crippen molar-refractivity contribution in [3.63, 3.8) is 0 Å². The molecule has 5 nitrogen and oxygen atoms in total. The standard InChI is InChI=1S/C20H18F3NO4/c1-27-17-7-3-5-15(11-17)12-24-18(25)13-28-19(26)9-8-14-4-2-6-16(10-14)20(21,22)23/h2-11H,12-13H2,1H3,(H,24,25)/b9-8+. The van der Waals surface area contributed by atoms with Gasteiger partial charge in [-0.2, -0.15) is 13.2 Å². The van der Waals surface area contributed by atoms with Gasteiger partial charge in [0.25, 0.3) is 5.91 Å². The first-order chi connectivity index (χ1) is 13.3. The first-order valence-corrected chi connectivity index (χ1v) is 8.19. The molecule has 8 heteroatoms. The first kappa shape index (κ1) is 21.0. The van der Waals surface area contributed by atoms with E-state index in [4.69, 9.17) is 9.47 Å². The highest BCUT2D eigenvalue weighted by atomic mass is 19.4. The first-order valence-electron chi connectivity index (χ1n) is 8.19. The Hall–Kier alpha value is -3.29. The molecule has 0 aliphatic carbocycles. The Balaban J connectivity index is 1.80. The molecular formula is C20H18F3NO4. The van der Waals surface area contributed by atoms with Crippen LogP contribution in [0.25, 0.3) is 6.08 Å². The number of hydrogen-bond donors (Lipinski definition) is 1. The van der Waals surface area contributed by atoms with Crippen LogP contribution in [-0.2, 0) is 27.0 Å². The summed E-state index contributed by atoms with van der Waals surface area (Å²) in [6, 6.07) is 11.6. The van der Waals surface area contributed by atoms with Crippen LogP contribution in [0.1, 0.15) is 16.7 Å². The molecule has 2 rings (SSSR count). The number of carbonyl (C=O) groups excluding carboxylic acids is 2. The summed E-state index contributed by atoms with van der Waals surface area (Å²) in [7, 11) is 1.53. The number of alkyl halides is 3. The van der Waals surface area contributed by atoms with E-state index < -0.39 is 30.2 Å². The van der Waals surface area contributed by atoms with E-state index in [0.717, 1.165) is 23.8 Å². The minimum Gasteiger partial charge on any atom is -0.497 e. The number of halogens is 3. The van der Waals surface area contributed by atoms with Crippen LogP contribution in [0.2, 0.25) is 0 Å². The van der Waals surface area contributed by atoms with Gasteiger partial charge in [-0.3, -0.25) is 4.79 Å². The van der Waals surface area contributed by atoms with Crippen molar-refractivity contribution in [1.29, 1.82) is 0 Å². The Kier molecular flexibility index (Phi) is 7.20. The van der Waals surface area contributed by atoms with Gasteiger partial charge >= 0.3 is 12.1 Å². The summed E-state index contributed by atoms with van der Waals surface area (Å²) < 4.78 is 47.8. The van der Waals surface area contributed by atoms with Gasteiger partial charge in [-0.15, -0.1) is 0 Å². The number of hydrogen-bond acceptors (Lipinski definition) is 4.